The Morgan fingerprint density at radius 2 is 2.08 bits per heavy atom. The summed E-state index contributed by atoms with van der Waals surface area (Å²) in [4.78, 5) is 2.47. The molecule has 1 saturated heterocycles. The van der Waals surface area contributed by atoms with Gasteiger partial charge < -0.3 is 9.84 Å². The summed E-state index contributed by atoms with van der Waals surface area (Å²) in [5, 5.41) is 14.8. The standard InChI is InChI=1S/C19H25N3O2/c23-19-8-4-7-17(19)18-14-24-10-9-21(18)12-15-11-20-22(13-15)16-5-2-1-3-6-16/h1-3,5-6,11,13,17-19,23H,4,7-10,12,14H2/t17-,18+,19+/m0/s1. The van der Waals surface area contributed by atoms with Crippen molar-refractivity contribution in [3.8, 4) is 5.69 Å². The fraction of sp³-hybridized carbons (Fsp3) is 0.526. The van der Waals surface area contributed by atoms with E-state index in [9.17, 15) is 5.11 Å². The van der Waals surface area contributed by atoms with Crippen LogP contribution in [0, 0.1) is 5.92 Å². The number of nitrogens with zero attached hydrogens (tertiary/aromatic N) is 3. The van der Waals surface area contributed by atoms with Crippen LogP contribution >= 0.6 is 0 Å². The van der Waals surface area contributed by atoms with Gasteiger partial charge in [0.05, 0.1) is 31.2 Å². The average molecular weight is 327 g/mol. The van der Waals surface area contributed by atoms with Gasteiger partial charge in [0.25, 0.3) is 0 Å². The lowest BCUT2D eigenvalue weighted by Crippen LogP contribution is -2.50. The van der Waals surface area contributed by atoms with E-state index >= 15 is 0 Å². The van der Waals surface area contributed by atoms with E-state index in [1.807, 2.05) is 29.1 Å². The summed E-state index contributed by atoms with van der Waals surface area (Å²) in [6.45, 7) is 3.29. The Morgan fingerprint density at radius 1 is 1.21 bits per heavy atom. The first-order valence-electron chi connectivity index (χ1n) is 8.90. The molecular weight excluding hydrogens is 302 g/mol. The van der Waals surface area contributed by atoms with Gasteiger partial charge in [-0.3, -0.25) is 4.90 Å². The van der Waals surface area contributed by atoms with Gasteiger partial charge in [0.1, 0.15) is 0 Å². The number of para-hydroxylation sites is 1. The molecule has 4 rings (SSSR count). The van der Waals surface area contributed by atoms with Gasteiger partial charge in [0.2, 0.25) is 0 Å². The molecular formula is C19H25N3O2. The molecule has 1 N–H and O–H groups in total. The van der Waals surface area contributed by atoms with Crippen molar-refractivity contribution in [3.63, 3.8) is 0 Å². The number of aromatic nitrogens is 2. The lowest BCUT2D eigenvalue weighted by atomic mass is 9.94. The molecule has 1 aliphatic heterocycles. The second-order valence-electron chi connectivity index (χ2n) is 6.90. The Bertz CT molecular complexity index is 658. The molecule has 0 radical (unpaired) electrons. The molecule has 0 unspecified atom stereocenters. The first kappa shape index (κ1) is 15.8. The molecule has 24 heavy (non-hydrogen) atoms. The van der Waals surface area contributed by atoms with E-state index in [2.05, 4.69) is 28.3 Å². The van der Waals surface area contributed by atoms with Crippen molar-refractivity contribution >= 4 is 0 Å². The molecule has 1 saturated carbocycles. The molecule has 1 aromatic carbocycles. The van der Waals surface area contributed by atoms with Gasteiger partial charge in [-0.05, 0) is 25.0 Å². The molecule has 128 valence electrons. The topological polar surface area (TPSA) is 50.5 Å². The molecule has 0 spiro atoms. The van der Waals surface area contributed by atoms with Crippen LogP contribution in [0.2, 0.25) is 0 Å². The molecule has 2 heterocycles. The molecule has 0 amide bonds. The van der Waals surface area contributed by atoms with Crippen LogP contribution in [-0.2, 0) is 11.3 Å². The summed E-state index contributed by atoms with van der Waals surface area (Å²) in [5.74, 6) is 0.342. The Balaban J connectivity index is 1.48. The molecule has 1 aliphatic carbocycles. The lowest BCUT2D eigenvalue weighted by Gasteiger charge is -2.39. The van der Waals surface area contributed by atoms with Crippen LogP contribution in [-0.4, -0.2) is 51.7 Å². The third-order valence-corrected chi connectivity index (χ3v) is 5.35. The maximum atomic E-state index is 10.3. The minimum atomic E-state index is -0.175. The maximum absolute atomic E-state index is 10.3. The first-order chi connectivity index (χ1) is 11.8. The van der Waals surface area contributed by atoms with Crippen molar-refractivity contribution in [2.75, 3.05) is 19.8 Å². The minimum Gasteiger partial charge on any atom is -0.393 e. The zero-order valence-corrected chi connectivity index (χ0v) is 13.9. The number of hydrogen-bond donors (Lipinski definition) is 1. The minimum absolute atomic E-state index is 0.175. The highest BCUT2D eigenvalue weighted by Crippen LogP contribution is 2.32. The normalized spacial score (nSPS) is 28.3. The van der Waals surface area contributed by atoms with E-state index in [1.165, 1.54) is 5.56 Å². The number of benzene rings is 1. The van der Waals surface area contributed by atoms with E-state index in [4.69, 9.17) is 4.74 Å². The SMILES string of the molecule is O[C@@H]1CCC[C@H]1[C@H]1COCCN1Cc1cnn(-c2ccccc2)c1. The van der Waals surface area contributed by atoms with E-state index < -0.39 is 0 Å². The largest absolute Gasteiger partial charge is 0.393 e. The Kier molecular flexibility index (Phi) is 4.65. The first-order valence-corrected chi connectivity index (χ1v) is 8.90. The van der Waals surface area contributed by atoms with Gasteiger partial charge in [0, 0.05) is 36.8 Å². The van der Waals surface area contributed by atoms with E-state index in [-0.39, 0.29) is 6.10 Å². The average Bonchev–Trinajstić information content (AvgIpc) is 3.25. The number of rotatable bonds is 4. The lowest BCUT2D eigenvalue weighted by molar-refractivity contribution is -0.0536. The molecule has 5 nitrogen and oxygen atoms in total. The van der Waals surface area contributed by atoms with Gasteiger partial charge in [-0.15, -0.1) is 0 Å². The summed E-state index contributed by atoms with van der Waals surface area (Å²) < 4.78 is 7.64. The molecule has 5 heteroatoms. The predicted octanol–water partition coefficient (Wildman–Crippen LogP) is 2.23. The van der Waals surface area contributed by atoms with Crippen LogP contribution < -0.4 is 0 Å². The smallest absolute Gasteiger partial charge is 0.0645 e. The van der Waals surface area contributed by atoms with Gasteiger partial charge in [-0.25, -0.2) is 4.68 Å². The zero-order chi connectivity index (χ0) is 16.4. The molecule has 2 fully saturated rings. The monoisotopic (exact) mass is 327 g/mol. The Hall–Kier alpha value is -1.69. The van der Waals surface area contributed by atoms with Crippen molar-refractivity contribution in [1.82, 2.24) is 14.7 Å². The third kappa shape index (κ3) is 3.24. The second kappa shape index (κ2) is 7.05. The zero-order valence-electron chi connectivity index (χ0n) is 13.9. The summed E-state index contributed by atoms with van der Waals surface area (Å²) in [7, 11) is 0. The highest BCUT2D eigenvalue weighted by molar-refractivity contribution is 5.30. The van der Waals surface area contributed by atoms with Crippen molar-refractivity contribution in [2.24, 2.45) is 5.92 Å². The van der Waals surface area contributed by atoms with Crippen molar-refractivity contribution < 1.29 is 9.84 Å². The van der Waals surface area contributed by atoms with E-state index in [0.29, 0.717) is 12.0 Å². The molecule has 2 aliphatic rings. The van der Waals surface area contributed by atoms with Gasteiger partial charge in [0.15, 0.2) is 0 Å². The number of aliphatic hydroxyl groups is 1. The quantitative estimate of drug-likeness (QED) is 0.936. The van der Waals surface area contributed by atoms with Crippen LogP contribution in [0.25, 0.3) is 5.69 Å². The Labute approximate surface area is 142 Å². The van der Waals surface area contributed by atoms with Crippen molar-refractivity contribution in [3.05, 3.63) is 48.3 Å². The highest BCUT2D eigenvalue weighted by atomic mass is 16.5. The highest BCUT2D eigenvalue weighted by Gasteiger charge is 2.37. The summed E-state index contributed by atoms with van der Waals surface area (Å²) >= 11 is 0. The van der Waals surface area contributed by atoms with Crippen LogP contribution in [0.15, 0.2) is 42.7 Å². The fourth-order valence-electron chi connectivity index (χ4n) is 4.06. The fourth-order valence-corrected chi connectivity index (χ4v) is 4.06. The van der Waals surface area contributed by atoms with Gasteiger partial charge in [-0.1, -0.05) is 24.6 Å². The van der Waals surface area contributed by atoms with Gasteiger partial charge >= 0.3 is 0 Å². The van der Waals surface area contributed by atoms with Crippen molar-refractivity contribution in [2.45, 2.75) is 38.0 Å². The third-order valence-electron chi connectivity index (χ3n) is 5.35. The van der Waals surface area contributed by atoms with Crippen LogP contribution in [0.3, 0.4) is 0 Å². The number of hydrogen-bond acceptors (Lipinski definition) is 4. The molecule has 3 atom stereocenters. The molecule has 0 bridgehead atoms. The van der Waals surface area contributed by atoms with Gasteiger partial charge in [-0.2, -0.15) is 5.10 Å². The van der Waals surface area contributed by atoms with Crippen LogP contribution in [0.5, 0.6) is 0 Å². The maximum Gasteiger partial charge on any atom is 0.0645 e. The van der Waals surface area contributed by atoms with E-state index in [1.54, 1.807) is 0 Å². The predicted molar refractivity (Wildman–Crippen MR) is 91.9 cm³/mol. The number of aliphatic hydroxyl groups excluding tert-OH is 1. The number of morpholine rings is 1. The summed E-state index contributed by atoms with van der Waals surface area (Å²) in [6, 6.07) is 10.5. The summed E-state index contributed by atoms with van der Waals surface area (Å²) in [6.07, 6.45) is 7.04. The summed E-state index contributed by atoms with van der Waals surface area (Å²) in [5.41, 5.74) is 2.28. The van der Waals surface area contributed by atoms with Crippen molar-refractivity contribution in [1.29, 1.82) is 0 Å². The Morgan fingerprint density at radius 3 is 2.88 bits per heavy atom. The second-order valence-corrected chi connectivity index (χ2v) is 6.90. The molecule has 1 aromatic heterocycles. The number of ether oxygens (including phenoxy) is 1. The van der Waals surface area contributed by atoms with Crippen LogP contribution in [0.1, 0.15) is 24.8 Å². The van der Waals surface area contributed by atoms with E-state index in [0.717, 1.165) is 51.3 Å². The van der Waals surface area contributed by atoms with Crippen LogP contribution in [0.4, 0.5) is 0 Å². The molecule has 2 aromatic rings.